The Morgan fingerprint density at radius 2 is 1.88 bits per heavy atom. The van der Waals surface area contributed by atoms with Gasteiger partial charge in [-0.2, -0.15) is 0 Å². The van der Waals surface area contributed by atoms with Crippen molar-refractivity contribution in [3.8, 4) is 0 Å². The molecule has 0 bridgehead atoms. The molecule has 1 aromatic rings. The second kappa shape index (κ2) is 8.68. The average Bonchev–Trinajstić information content (AvgIpc) is 2.54. The molecule has 2 N–H and O–H groups in total. The van der Waals surface area contributed by atoms with Gasteiger partial charge in [-0.25, -0.2) is 0 Å². The van der Waals surface area contributed by atoms with E-state index in [9.17, 15) is 9.59 Å². The zero-order valence-electron chi connectivity index (χ0n) is 14.8. The summed E-state index contributed by atoms with van der Waals surface area (Å²) in [6, 6.07) is 7.97. The van der Waals surface area contributed by atoms with E-state index in [2.05, 4.69) is 15.5 Å². The highest BCUT2D eigenvalue weighted by Gasteiger charge is 2.22. The number of hydrogen-bond acceptors (Lipinski definition) is 4. The van der Waals surface area contributed by atoms with Crippen LogP contribution >= 0.6 is 0 Å². The molecule has 0 aliphatic carbocycles. The molecule has 6 nitrogen and oxygen atoms in total. The molecule has 2 rings (SSSR count). The second-order valence-electron chi connectivity index (χ2n) is 6.54. The number of carbonyl (C=O) groups is 2. The van der Waals surface area contributed by atoms with Gasteiger partial charge in [-0.15, -0.1) is 0 Å². The zero-order chi connectivity index (χ0) is 17.5. The van der Waals surface area contributed by atoms with Gasteiger partial charge in [0.2, 0.25) is 5.91 Å². The average molecular weight is 332 g/mol. The van der Waals surface area contributed by atoms with Gasteiger partial charge in [0.1, 0.15) is 0 Å². The normalized spacial score (nSPS) is 15.4. The maximum atomic E-state index is 12.5. The number of piperidine rings is 1. The van der Waals surface area contributed by atoms with Crippen LogP contribution in [0.1, 0.15) is 30.1 Å². The number of para-hydroxylation sites is 1. The molecule has 24 heavy (non-hydrogen) atoms. The van der Waals surface area contributed by atoms with Crippen molar-refractivity contribution in [2.45, 2.75) is 25.8 Å². The lowest BCUT2D eigenvalue weighted by Gasteiger charge is -2.34. The maximum absolute atomic E-state index is 12.5. The van der Waals surface area contributed by atoms with Crippen LogP contribution in [-0.2, 0) is 4.79 Å². The van der Waals surface area contributed by atoms with Crippen molar-refractivity contribution in [2.75, 3.05) is 45.2 Å². The fraction of sp³-hybridized carbons (Fsp3) is 0.556. The standard InChI is InChI=1S/C18H28N4O2/c1-14(23)20-15-8-11-22(12-9-15)17-7-5-4-6-16(17)18(24)19-10-13-21(2)3/h4-7,15H,8-13H2,1-3H3,(H,19,24)(H,20,23). The van der Waals surface area contributed by atoms with Crippen molar-refractivity contribution >= 4 is 17.5 Å². The largest absolute Gasteiger partial charge is 0.371 e. The minimum absolute atomic E-state index is 0.0223. The smallest absolute Gasteiger partial charge is 0.253 e. The highest BCUT2D eigenvalue weighted by atomic mass is 16.2. The summed E-state index contributed by atoms with van der Waals surface area (Å²) >= 11 is 0. The molecule has 1 aromatic carbocycles. The summed E-state index contributed by atoms with van der Waals surface area (Å²) in [6.07, 6.45) is 1.80. The van der Waals surface area contributed by atoms with Gasteiger partial charge < -0.3 is 20.4 Å². The zero-order valence-corrected chi connectivity index (χ0v) is 14.8. The molecule has 1 fully saturated rings. The van der Waals surface area contributed by atoms with Crippen LogP contribution in [0.25, 0.3) is 0 Å². The molecule has 1 aliphatic heterocycles. The molecule has 2 amide bonds. The van der Waals surface area contributed by atoms with Gasteiger partial charge in [0.25, 0.3) is 5.91 Å². The summed E-state index contributed by atoms with van der Waals surface area (Å²) in [5.74, 6) is -0.00875. The molecule has 0 aromatic heterocycles. The molecule has 1 heterocycles. The number of hydrogen-bond donors (Lipinski definition) is 2. The van der Waals surface area contributed by atoms with Crippen molar-refractivity contribution in [3.63, 3.8) is 0 Å². The number of likely N-dealkylation sites (N-methyl/N-ethyl adjacent to an activating group) is 1. The molecular weight excluding hydrogens is 304 g/mol. The van der Waals surface area contributed by atoms with Crippen molar-refractivity contribution in [1.82, 2.24) is 15.5 Å². The maximum Gasteiger partial charge on any atom is 0.253 e. The van der Waals surface area contributed by atoms with E-state index in [4.69, 9.17) is 0 Å². The van der Waals surface area contributed by atoms with Crippen LogP contribution in [0.4, 0.5) is 5.69 Å². The third kappa shape index (κ3) is 5.23. The summed E-state index contributed by atoms with van der Waals surface area (Å²) in [5, 5.41) is 5.96. The summed E-state index contributed by atoms with van der Waals surface area (Å²) in [7, 11) is 3.97. The molecule has 0 radical (unpaired) electrons. The molecular formula is C18H28N4O2. The topological polar surface area (TPSA) is 64.7 Å². The Balaban J connectivity index is 1.99. The molecule has 0 spiro atoms. The van der Waals surface area contributed by atoms with E-state index in [1.165, 1.54) is 0 Å². The Morgan fingerprint density at radius 3 is 2.50 bits per heavy atom. The Morgan fingerprint density at radius 1 is 1.21 bits per heavy atom. The number of rotatable bonds is 6. The van der Waals surface area contributed by atoms with Gasteiger partial charge in [-0.1, -0.05) is 12.1 Å². The lowest BCUT2D eigenvalue weighted by molar-refractivity contribution is -0.119. The van der Waals surface area contributed by atoms with Crippen LogP contribution in [0.5, 0.6) is 0 Å². The lowest BCUT2D eigenvalue weighted by atomic mass is 10.0. The van der Waals surface area contributed by atoms with E-state index in [1.54, 1.807) is 6.92 Å². The molecule has 0 saturated carbocycles. The lowest BCUT2D eigenvalue weighted by Crippen LogP contribution is -2.44. The molecule has 1 saturated heterocycles. The van der Waals surface area contributed by atoms with Gasteiger partial charge in [-0.05, 0) is 39.1 Å². The predicted molar refractivity (Wildman–Crippen MR) is 96.4 cm³/mol. The number of nitrogens with one attached hydrogen (secondary N) is 2. The Labute approximate surface area is 144 Å². The van der Waals surface area contributed by atoms with Gasteiger partial charge in [0.05, 0.1) is 5.56 Å². The SMILES string of the molecule is CC(=O)NC1CCN(c2ccccc2C(=O)NCCN(C)C)CC1. The van der Waals surface area contributed by atoms with Crippen molar-refractivity contribution in [1.29, 1.82) is 0 Å². The first kappa shape index (κ1) is 18.3. The number of carbonyl (C=O) groups excluding carboxylic acids is 2. The van der Waals surface area contributed by atoms with Crippen LogP contribution in [0.3, 0.4) is 0 Å². The van der Waals surface area contributed by atoms with E-state index in [0.717, 1.165) is 38.2 Å². The summed E-state index contributed by atoms with van der Waals surface area (Å²) in [5.41, 5.74) is 1.69. The van der Waals surface area contributed by atoms with Crippen molar-refractivity contribution < 1.29 is 9.59 Å². The van der Waals surface area contributed by atoms with E-state index < -0.39 is 0 Å². The highest BCUT2D eigenvalue weighted by molar-refractivity contribution is 5.99. The van der Waals surface area contributed by atoms with Crippen LogP contribution < -0.4 is 15.5 Å². The van der Waals surface area contributed by atoms with Crippen LogP contribution in [0.15, 0.2) is 24.3 Å². The first-order chi connectivity index (χ1) is 11.5. The molecule has 0 atom stereocenters. The molecule has 132 valence electrons. The molecule has 0 unspecified atom stereocenters. The molecule has 1 aliphatic rings. The van der Waals surface area contributed by atoms with E-state index >= 15 is 0 Å². The Kier molecular flexibility index (Phi) is 6.61. The summed E-state index contributed by atoms with van der Waals surface area (Å²) < 4.78 is 0. The summed E-state index contributed by atoms with van der Waals surface area (Å²) in [6.45, 7) is 4.68. The fourth-order valence-corrected chi connectivity index (χ4v) is 2.98. The summed E-state index contributed by atoms with van der Waals surface area (Å²) in [4.78, 5) is 27.9. The van der Waals surface area contributed by atoms with Gasteiger partial charge in [0.15, 0.2) is 0 Å². The number of amides is 2. The first-order valence-corrected chi connectivity index (χ1v) is 8.51. The fourth-order valence-electron chi connectivity index (χ4n) is 2.98. The van der Waals surface area contributed by atoms with Crippen LogP contribution in [0.2, 0.25) is 0 Å². The van der Waals surface area contributed by atoms with Gasteiger partial charge >= 0.3 is 0 Å². The molecule has 6 heteroatoms. The quantitative estimate of drug-likeness (QED) is 0.818. The van der Waals surface area contributed by atoms with E-state index in [-0.39, 0.29) is 17.9 Å². The number of nitrogens with zero attached hydrogens (tertiary/aromatic N) is 2. The van der Waals surface area contributed by atoms with Gasteiger partial charge in [0, 0.05) is 44.8 Å². The minimum atomic E-state index is -0.0311. The Hall–Kier alpha value is -2.08. The monoisotopic (exact) mass is 332 g/mol. The highest BCUT2D eigenvalue weighted by Crippen LogP contribution is 2.24. The van der Waals surface area contributed by atoms with E-state index in [1.807, 2.05) is 43.3 Å². The van der Waals surface area contributed by atoms with Crippen LogP contribution in [0, 0.1) is 0 Å². The first-order valence-electron chi connectivity index (χ1n) is 8.51. The Bertz CT molecular complexity index is 566. The second-order valence-corrected chi connectivity index (χ2v) is 6.54. The third-order valence-corrected chi connectivity index (χ3v) is 4.24. The number of benzene rings is 1. The van der Waals surface area contributed by atoms with Crippen molar-refractivity contribution in [3.05, 3.63) is 29.8 Å². The van der Waals surface area contributed by atoms with Crippen molar-refractivity contribution in [2.24, 2.45) is 0 Å². The predicted octanol–water partition coefficient (Wildman–Crippen LogP) is 1.08. The van der Waals surface area contributed by atoms with Crippen LogP contribution in [-0.4, -0.2) is 63.0 Å². The third-order valence-electron chi connectivity index (χ3n) is 4.24. The minimum Gasteiger partial charge on any atom is -0.371 e. The number of anilines is 1. The van der Waals surface area contributed by atoms with E-state index in [0.29, 0.717) is 12.1 Å². The van der Waals surface area contributed by atoms with Gasteiger partial charge in [-0.3, -0.25) is 9.59 Å².